The third kappa shape index (κ3) is 6.53. The van der Waals surface area contributed by atoms with Crippen molar-refractivity contribution in [2.75, 3.05) is 11.9 Å². The molecule has 0 radical (unpaired) electrons. The number of likely N-dealkylation sites (tertiary alicyclic amines) is 1. The van der Waals surface area contributed by atoms with Gasteiger partial charge in [0.1, 0.15) is 0 Å². The van der Waals surface area contributed by atoms with E-state index >= 15 is 0 Å². The summed E-state index contributed by atoms with van der Waals surface area (Å²) in [6.07, 6.45) is 12.5. The average Bonchev–Trinajstić information content (AvgIpc) is 3.35. The number of allylic oxidation sites excluding steroid dienone is 2. The van der Waals surface area contributed by atoms with E-state index in [1.807, 2.05) is 24.0 Å². The molecule has 7 heteroatoms. The van der Waals surface area contributed by atoms with Crippen LogP contribution in [0.1, 0.15) is 61.4 Å². The van der Waals surface area contributed by atoms with Crippen LogP contribution >= 0.6 is 23.2 Å². The molecule has 1 aliphatic heterocycles. The van der Waals surface area contributed by atoms with Crippen LogP contribution in [0.25, 0.3) is 0 Å². The van der Waals surface area contributed by atoms with Gasteiger partial charge < -0.3 is 15.5 Å². The molecule has 2 unspecified atom stereocenters. The number of halogens is 2. The molecule has 5 rings (SSSR count). The largest absolute Gasteiger partial charge is 0.383 e. The van der Waals surface area contributed by atoms with Gasteiger partial charge in [0.15, 0.2) is 0 Å². The summed E-state index contributed by atoms with van der Waals surface area (Å²) in [6.45, 7) is 4.87. The molecule has 2 fully saturated rings. The minimum absolute atomic E-state index is 0.0342. The summed E-state index contributed by atoms with van der Waals surface area (Å²) in [5.41, 5.74) is 3.36. The summed E-state index contributed by atoms with van der Waals surface area (Å²) in [4.78, 5) is 29.4. The van der Waals surface area contributed by atoms with Crippen molar-refractivity contribution < 1.29 is 9.59 Å². The van der Waals surface area contributed by atoms with Crippen LogP contribution in [-0.2, 0) is 4.79 Å². The zero-order chi connectivity index (χ0) is 27.5. The van der Waals surface area contributed by atoms with Crippen LogP contribution in [0.5, 0.6) is 0 Å². The highest BCUT2D eigenvalue weighted by molar-refractivity contribution is 6.31. The molecule has 1 heterocycles. The molecule has 0 aromatic heterocycles. The number of hydrogen-bond donors (Lipinski definition) is 2. The zero-order valence-corrected chi connectivity index (χ0v) is 24.1. The number of hydrogen-bond acceptors (Lipinski definition) is 3. The minimum atomic E-state index is -0.344. The van der Waals surface area contributed by atoms with Gasteiger partial charge in [0.25, 0.3) is 5.91 Å². The molecular weight excluding hydrogens is 529 g/mol. The Kier molecular flexibility index (Phi) is 8.68. The molecule has 3 aliphatic rings. The monoisotopic (exact) mass is 565 g/mol. The lowest BCUT2D eigenvalue weighted by Gasteiger charge is -2.44. The predicted octanol–water partition coefficient (Wildman–Crippen LogP) is 7.40. The van der Waals surface area contributed by atoms with Crippen LogP contribution in [0, 0.1) is 24.7 Å². The van der Waals surface area contributed by atoms with Gasteiger partial charge in [0.2, 0.25) is 5.91 Å². The quantitative estimate of drug-likeness (QED) is 0.383. The maximum Gasteiger partial charge on any atom is 0.254 e. The Bertz CT molecular complexity index is 1270. The molecule has 5 nitrogen and oxygen atoms in total. The molecule has 39 heavy (non-hydrogen) atoms. The lowest BCUT2D eigenvalue weighted by Crippen LogP contribution is -2.55. The van der Waals surface area contributed by atoms with Crippen LogP contribution in [0.3, 0.4) is 0 Å². The Hall–Kier alpha value is -2.76. The molecule has 2 aromatic rings. The molecule has 2 N–H and O–H groups in total. The first-order chi connectivity index (χ1) is 18.8. The van der Waals surface area contributed by atoms with Crippen LogP contribution in [0.2, 0.25) is 10.0 Å². The summed E-state index contributed by atoms with van der Waals surface area (Å²) in [5, 5.41) is 7.99. The van der Waals surface area contributed by atoms with Crippen LogP contribution in [0.15, 0.2) is 66.4 Å². The second-order valence-corrected chi connectivity index (χ2v) is 12.2. The Morgan fingerprint density at radius 2 is 1.82 bits per heavy atom. The normalized spacial score (nSPS) is 26.7. The summed E-state index contributed by atoms with van der Waals surface area (Å²) < 4.78 is 0. The first-order valence-electron chi connectivity index (χ1n) is 14.1. The van der Waals surface area contributed by atoms with Crippen molar-refractivity contribution in [2.24, 2.45) is 17.8 Å². The summed E-state index contributed by atoms with van der Waals surface area (Å²) >= 11 is 12.4. The number of aryl methyl sites for hydroxylation is 1. The van der Waals surface area contributed by atoms with Gasteiger partial charge >= 0.3 is 0 Å². The van der Waals surface area contributed by atoms with E-state index in [4.69, 9.17) is 23.2 Å². The van der Waals surface area contributed by atoms with Crippen molar-refractivity contribution in [3.8, 4) is 0 Å². The van der Waals surface area contributed by atoms with Gasteiger partial charge in [-0.25, -0.2) is 0 Å². The highest BCUT2D eigenvalue weighted by atomic mass is 35.5. The van der Waals surface area contributed by atoms with Crippen LogP contribution in [0.4, 0.5) is 5.69 Å². The zero-order valence-electron chi connectivity index (χ0n) is 22.6. The van der Waals surface area contributed by atoms with Crippen LogP contribution in [-0.4, -0.2) is 35.3 Å². The van der Waals surface area contributed by atoms with E-state index in [1.165, 1.54) is 19.3 Å². The molecule has 0 bridgehead atoms. The maximum absolute atomic E-state index is 13.8. The fourth-order valence-corrected chi connectivity index (χ4v) is 6.61. The molecular formula is C32H37Cl2N3O2. The van der Waals surface area contributed by atoms with Crippen molar-refractivity contribution in [2.45, 2.75) is 64.5 Å². The summed E-state index contributed by atoms with van der Waals surface area (Å²) in [5.74, 6) is 0.319. The highest BCUT2D eigenvalue weighted by Crippen LogP contribution is 2.36. The third-order valence-corrected chi connectivity index (χ3v) is 9.11. The summed E-state index contributed by atoms with van der Waals surface area (Å²) in [6, 6.07) is 12.8. The van der Waals surface area contributed by atoms with Gasteiger partial charge in [0, 0.05) is 45.5 Å². The molecule has 2 aromatic carbocycles. The minimum Gasteiger partial charge on any atom is -0.383 e. The third-order valence-electron chi connectivity index (χ3n) is 8.45. The van der Waals surface area contributed by atoms with Gasteiger partial charge in [-0.1, -0.05) is 48.3 Å². The molecule has 1 saturated carbocycles. The van der Waals surface area contributed by atoms with E-state index in [0.29, 0.717) is 33.9 Å². The van der Waals surface area contributed by atoms with E-state index in [2.05, 4.69) is 35.8 Å². The van der Waals surface area contributed by atoms with Crippen molar-refractivity contribution in [3.05, 3.63) is 87.6 Å². The summed E-state index contributed by atoms with van der Waals surface area (Å²) in [7, 11) is 0. The molecule has 1 saturated heterocycles. The fraction of sp³-hybridized carbons (Fsp3) is 0.438. The first-order valence-corrected chi connectivity index (χ1v) is 14.8. The lowest BCUT2D eigenvalue weighted by atomic mass is 9.77. The Morgan fingerprint density at radius 3 is 2.49 bits per heavy atom. The lowest BCUT2D eigenvalue weighted by molar-refractivity contribution is -0.123. The maximum atomic E-state index is 13.8. The SMILES string of the molecule is Cc1ccc(NC(=O)[C@H]2CCCN(C(=O)c3ccc(Cl)cc3)[C@H]2C2C=CC(NC3CC[C@@H](C)C3)=CC2)cc1Cl. The van der Waals surface area contributed by atoms with Gasteiger partial charge in [-0.15, -0.1) is 0 Å². The number of rotatable bonds is 6. The standard InChI is InChI=1S/C32H37Cl2N3O2/c1-20-5-13-26(18-20)35-25-15-9-22(10-16-25)30-28(31(38)36-27-14-6-21(2)29(34)19-27)4-3-17-37(30)32(39)23-7-11-24(33)12-8-23/h6-9,11-12,14-16,19-20,22,26,28,30,35H,3-5,10,13,17-18H2,1-2H3,(H,36,38)/t20-,22?,26?,28+,30+/m1/s1. The average molecular weight is 567 g/mol. The van der Waals surface area contributed by atoms with E-state index in [0.717, 1.165) is 36.4 Å². The highest BCUT2D eigenvalue weighted by Gasteiger charge is 2.42. The smallest absolute Gasteiger partial charge is 0.254 e. The number of benzene rings is 2. The Balaban J connectivity index is 1.38. The van der Waals surface area contributed by atoms with E-state index in [9.17, 15) is 9.59 Å². The topological polar surface area (TPSA) is 61.4 Å². The molecule has 5 atom stereocenters. The van der Waals surface area contributed by atoms with Crippen molar-refractivity contribution in [3.63, 3.8) is 0 Å². The van der Waals surface area contributed by atoms with Gasteiger partial charge in [0.05, 0.1) is 12.0 Å². The van der Waals surface area contributed by atoms with Crippen molar-refractivity contribution in [1.29, 1.82) is 0 Å². The number of nitrogens with zero attached hydrogens (tertiary/aromatic N) is 1. The molecule has 206 valence electrons. The van der Waals surface area contributed by atoms with Crippen LogP contribution < -0.4 is 10.6 Å². The van der Waals surface area contributed by atoms with Gasteiger partial charge in [-0.05, 0) is 99.4 Å². The number of carbonyl (C=O) groups is 2. The van der Waals surface area contributed by atoms with E-state index in [1.54, 1.807) is 30.3 Å². The van der Waals surface area contributed by atoms with Crippen molar-refractivity contribution >= 4 is 40.7 Å². The van der Waals surface area contributed by atoms with Gasteiger partial charge in [-0.2, -0.15) is 0 Å². The Morgan fingerprint density at radius 1 is 1.03 bits per heavy atom. The molecule has 0 spiro atoms. The van der Waals surface area contributed by atoms with Crippen molar-refractivity contribution in [1.82, 2.24) is 10.2 Å². The first kappa shape index (κ1) is 27.8. The predicted molar refractivity (Wildman–Crippen MR) is 159 cm³/mol. The number of carbonyl (C=O) groups excluding carboxylic acids is 2. The second-order valence-electron chi connectivity index (χ2n) is 11.4. The second kappa shape index (κ2) is 12.2. The molecule has 2 aliphatic carbocycles. The van der Waals surface area contributed by atoms with E-state index in [-0.39, 0.29) is 29.7 Å². The number of nitrogens with one attached hydrogen (secondary N) is 2. The Labute approximate surface area is 241 Å². The number of amides is 2. The number of anilines is 1. The number of piperidine rings is 1. The molecule has 2 amide bonds. The fourth-order valence-electron chi connectivity index (χ4n) is 6.31. The van der Waals surface area contributed by atoms with Gasteiger partial charge in [-0.3, -0.25) is 9.59 Å². The van der Waals surface area contributed by atoms with E-state index < -0.39 is 0 Å².